The van der Waals surface area contributed by atoms with Crippen LogP contribution in [0.15, 0.2) is 35.0 Å². The largest absolute Gasteiger partial charge is 0.0946 e. The number of hydrogen-bond acceptors (Lipinski definition) is 0. The van der Waals surface area contributed by atoms with E-state index in [0.29, 0.717) is 0 Å². The first-order chi connectivity index (χ1) is 5.70. The summed E-state index contributed by atoms with van der Waals surface area (Å²) >= 11 is 6.06. The van der Waals surface area contributed by atoms with Crippen molar-refractivity contribution in [3.8, 4) is 0 Å². The molecule has 1 aromatic rings. The highest BCUT2D eigenvalue weighted by Crippen LogP contribution is 2.12. The van der Waals surface area contributed by atoms with Gasteiger partial charge in [0.25, 0.3) is 0 Å². The van der Waals surface area contributed by atoms with Crippen molar-refractivity contribution in [1.82, 2.24) is 0 Å². The second-order valence-electron chi connectivity index (χ2n) is 2.90. The Labute approximate surface area is 80.5 Å². The summed E-state index contributed by atoms with van der Waals surface area (Å²) in [7, 11) is -0.483. The summed E-state index contributed by atoms with van der Waals surface area (Å²) in [5, 5.41) is 0. The van der Waals surface area contributed by atoms with Gasteiger partial charge in [-0.1, -0.05) is 55.0 Å². The third-order valence-corrected chi connectivity index (χ3v) is 3.91. The standard InChI is InChI=1S/C10H12ClSi/c1-12(2)10(11)8-9-6-4-3-5-7-9/h3-8H,1-2H3. The zero-order valence-corrected chi connectivity index (χ0v) is 9.10. The third-order valence-electron chi connectivity index (χ3n) is 1.57. The van der Waals surface area contributed by atoms with E-state index in [1.165, 1.54) is 5.56 Å². The molecule has 1 aromatic carbocycles. The molecule has 0 saturated heterocycles. The van der Waals surface area contributed by atoms with Gasteiger partial charge in [0.05, 0.1) is 8.80 Å². The van der Waals surface area contributed by atoms with Gasteiger partial charge in [-0.05, 0) is 11.6 Å². The van der Waals surface area contributed by atoms with Crippen LogP contribution >= 0.6 is 11.6 Å². The maximum Gasteiger partial charge on any atom is 0.0946 e. The molecule has 0 bridgehead atoms. The number of rotatable bonds is 2. The van der Waals surface area contributed by atoms with Gasteiger partial charge in [-0.25, -0.2) is 0 Å². The molecule has 12 heavy (non-hydrogen) atoms. The minimum Gasteiger partial charge on any atom is -0.0945 e. The molecule has 2 heteroatoms. The van der Waals surface area contributed by atoms with Crippen molar-refractivity contribution in [3.63, 3.8) is 0 Å². The lowest BCUT2D eigenvalue weighted by Crippen LogP contribution is -1.99. The van der Waals surface area contributed by atoms with E-state index in [1.807, 2.05) is 18.2 Å². The fourth-order valence-corrected chi connectivity index (χ4v) is 1.42. The first-order valence-corrected chi connectivity index (χ1v) is 6.80. The van der Waals surface area contributed by atoms with Crippen LogP contribution in [0.25, 0.3) is 6.08 Å². The molecule has 1 radical (unpaired) electrons. The minimum atomic E-state index is -0.483. The molecule has 63 valence electrons. The van der Waals surface area contributed by atoms with Crippen LogP contribution in [0, 0.1) is 0 Å². The predicted molar refractivity (Wildman–Crippen MR) is 57.8 cm³/mol. The van der Waals surface area contributed by atoms with E-state index >= 15 is 0 Å². The monoisotopic (exact) mass is 195 g/mol. The van der Waals surface area contributed by atoms with Crippen molar-refractivity contribution >= 4 is 26.5 Å². The molecule has 0 saturated carbocycles. The Morgan fingerprint density at radius 1 is 1.25 bits per heavy atom. The molecule has 0 heterocycles. The summed E-state index contributed by atoms with van der Waals surface area (Å²) in [6.45, 7) is 4.37. The zero-order valence-electron chi connectivity index (χ0n) is 7.34. The molecule has 0 amide bonds. The summed E-state index contributed by atoms with van der Waals surface area (Å²) in [6.07, 6.45) is 2.05. The lowest BCUT2D eigenvalue weighted by molar-refractivity contribution is 1.66. The van der Waals surface area contributed by atoms with Crippen LogP contribution in [-0.4, -0.2) is 8.80 Å². The Hall–Kier alpha value is -0.533. The van der Waals surface area contributed by atoms with Crippen LogP contribution in [-0.2, 0) is 0 Å². The topological polar surface area (TPSA) is 0 Å². The SMILES string of the molecule is C[Si](C)C(Cl)=Cc1ccccc1. The molecule has 0 aliphatic heterocycles. The number of hydrogen-bond donors (Lipinski definition) is 0. The fourth-order valence-electron chi connectivity index (χ4n) is 0.840. The maximum atomic E-state index is 6.06. The highest BCUT2D eigenvalue weighted by atomic mass is 35.5. The van der Waals surface area contributed by atoms with Crippen LogP contribution in [0.4, 0.5) is 0 Å². The van der Waals surface area contributed by atoms with Gasteiger partial charge in [-0.15, -0.1) is 0 Å². The Balaban J connectivity index is 2.81. The molecule has 0 atom stereocenters. The van der Waals surface area contributed by atoms with Crippen molar-refractivity contribution in [2.75, 3.05) is 0 Å². The lowest BCUT2D eigenvalue weighted by atomic mass is 10.2. The molecular weight excluding hydrogens is 184 g/mol. The summed E-state index contributed by atoms with van der Waals surface area (Å²) < 4.78 is 1.01. The molecule has 0 N–H and O–H groups in total. The Morgan fingerprint density at radius 3 is 2.33 bits per heavy atom. The van der Waals surface area contributed by atoms with Crippen molar-refractivity contribution in [1.29, 1.82) is 0 Å². The van der Waals surface area contributed by atoms with E-state index in [0.717, 1.165) is 4.66 Å². The zero-order chi connectivity index (χ0) is 8.97. The van der Waals surface area contributed by atoms with E-state index in [1.54, 1.807) is 0 Å². The van der Waals surface area contributed by atoms with E-state index in [9.17, 15) is 0 Å². The minimum absolute atomic E-state index is 0.483. The lowest BCUT2D eigenvalue weighted by Gasteiger charge is -1.99. The van der Waals surface area contributed by atoms with Crippen molar-refractivity contribution in [2.24, 2.45) is 0 Å². The first-order valence-electron chi connectivity index (χ1n) is 3.93. The second-order valence-corrected chi connectivity index (χ2v) is 6.17. The average molecular weight is 196 g/mol. The van der Waals surface area contributed by atoms with Crippen molar-refractivity contribution < 1.29 is 0 Å². The van der Waals surface area contributed by atoms with E-state index in [2.05, 4.69) is 31.3 Å². The van der Waals surface area contributed by atoms with Gasteiger partial charge in [-0.3, -0.25) is 0 Å². The molecule has 0 fully saturated rings. The highest BCUT2D eigenvalue weighted by molar-refractivity contribution is 6.77. The van der Waals surface area contributed by atoms with Gasteiger partial charge in [0.2, 0.25) is 0 Å². The molecule has 0 spiro atoms. The number of benzene rings is 1. The highest BCUT2D eigenvalue weighted by Gasteiger charge is 2.00. The smallest absolute Gasteiger partial charge is 0.0945 e. The molecule has 0 nitrogen and oxygen atoms in total. The Morgan fingerprint density at radius 2 is 1.83 bits per heavy atom. The van der Waals surface area contributed by atoms with E-state index in [4.69, 9.17) is 11.6 Å². The molecule has 0 aliphatic carbocycles. The van der Waals surface area contributed by atoms with Crippen LogP contribution in [0.2, 0.25) is 13.1 Å². The second kappa shape index (κ2) is 4.48. The maximum absolute atomic E-state index is 6.06. The fraction of sp³-hybridized carbons (Fsp3) is 0.200. The molecule has 0 aromatic heterocycles. The van der Waals surface area contributed by atoms with Gasteiger partial charge in [-0.2, -0.15) is 0 Å². The first kappa shape index (κ1) is 9.55. The normalized spacial score (nSPS) is 12.2. The van der Waals surface area contributed by atoms with Crippen LogP contribution in [0.5, 0.6) is 0 Å². The van der Waals surface area contributed by atoms with Crippen LogP contribution in [0.3, 0.4) is 0 Å². The summed E-state index contributed by atoms with van der Waals surface area (Å²) in [4.78, 5) is 0. The molecule has 1 rings (SSSR count). The summed E-state index contributed by atoms with van der Waals surface area (Å²) in [5.41, 5.74) is 1.19. The van der Waals surface area contributed by atoms with Crippen molar-refractivity contribution in [2.45, 2.75) is 13.1 Å². The van der Waals surface area contributed by atoms with Gasteiger partial charge in [0, 0.05) is 4.66 Å². The van der Waals surface area contributed by atoms with E-state index < -0.39 is 8.80 Å². The predicted octanol–water partition coefficient (Wildman–Crippen LogP) is 3.56. The van der Waals surface area contributed by atoms with Gasteiger partial charge in [0.15, 0.2) is 0 Å². The Bertz CT molecular complexity index is 264. The molecule has 0 unspecified atom stereocenters. The van der Waals surface area contributed by atoms with Crippen molar-refractivity contribution in [3.05, 3.63) is 40.6 Å². The Kier molecular flexibility index (Phi) is 3.57. The molecular formula is C10H12ClSi. The van der Waals surface area contributed by atoms with E-state index in [-0.39, 0.29) is 0 Å². The molecule has 0 aliphatic rings. The van der Waals surface area contributed by atoms with Crippen LogP contribution < -0.4 is 0 Å². The van der Waals surface area contributed by atoms with Crippen LogP contribution in [0.1, 0.15) is 5.56 Å². The average Bonchev–Trinajstić information content (AvgIpc) is 2.06. The summed E-state index contributed by atoms with van der Waals surface area (Å²) in [6, 6.07) is 10.2. The quantitative estimate of drug-likeness (QED) is 0.634. The van der Waals surface area contributed by atoms with Gasteiger partial charge >= 0.3 is 0 Å². The third kappa shape index (κ3) is 2.84. The van der Waals surface area contributed by atoms with Gasteiger partial charge in [0.1, 0.15) is 0 Å². The van der Waals surface area contributed by atoms with Gasteiger partial charge < -0.3 is 0 Å². The number of halogens is 1. The summed E-state index contributed by atoms with van der Waals surface area (Å²) in [5.74, 6) is 0.